The number of amides is 1. The Morgan fingerprint density at radius 1 is 1.36 bits per heavy atom. The van der Waals surface area contributed by atoms with E-state index in [0.29, 0.717) is 6.54 Å². The van der Waals surface area contributed by atoms with E-state index in [-0.39, 0.29) is 16.8 Å². The van der Waals surface area contributed by atoms with Crippen molar-refractivity contribution >= 4 is 25.8 Å². The van der Waals surface area contributed by atoms with Crippen LogP contribution in [0.15, 0.2) is 43.0 Å². The Hall–Kier alpha value is -1.14. The molecule has 2 atom stereocenters. The van der Waals surface area contributed by atoms with Gasteiger partial charge in [-0.1, -0.05) is 57.2 Å². The van der Waals surface area contributed by atoms with E-state index in [1.54, 1.807) is 11.0 Å². The highest BCUT2D eigenvalue weighted by molar-refractivity contribution is 6.74. The number of ether oxygens (including phenoxy) is 1. The molecule has 0 aliphatic carbocycles. The Labute approximate surface area is 156 Å². The van der Waals surface area contributed by atoms with Gasteiger partial charge in [-0.15, -0.1) is 18.2 Å². The summed E-state index contributed by atoms with van der Waals surface area (Å²) in [6.45, 7) is 14.8. The van der Waals surface area contributed by atoms with Crippen molar-refractivity contribution < 1.29 is 14.0 Å². The molecule has 1 aromatic carbocycles. The third-order valence-corrected chi connectivity index (χ3v) is 9.79. The predicted molar refractivity (Wildman–Crippen MR) is 104 cm³/mol. The molecule has 6 heteroatoms. The van der Waals surface area contributed by atoms with Crippen LogP contribution in [0.25, 0.3) is 0 Å². The van der Waals surface area contributed by atoms with E-state index in [4.69, 9.17) is 20.8 Å². The Bertz CT molecular complexity index is 629. The minimum absolute atomic E-state index is 0.0385. The van der Waals surface area contributed by atoms with Crippen LogP contribution in [-0.2, 0) is 14.0 Å². The fourth-order valence-electron chi connectivity index (χ4n) is 2.57. The van der Waals surface area contributed by atoms with Crippen LogP contribution in [0.3, 0.4) is 0 Å². The summed E-state index contributed by atoms with van der Waals surface area (Å²) in [5.74, 6) is -1.37. The van der Waals surface area contributed by atoms with Gasteiger partial charge in [0.05, 0.1) is 5.88 Å². The van der Waals surface area contributed by atoms with Crippen LogP contribution in [0.1, 0.15) is 32.4 Å². The second kappa shape index (κ2) is 7.23. The van der Waals surface area contributed by atoms with Gasteiger partial charge in [0.2, 0.25) is 0 Å². The molecule has 4 nitrogen and oxygen atoms in total. The van der Waals surface area contributed by atoms with Gasteiger partial charge in [-0.25, -0.2) is 0 Å². The summed E-state index contributed by atoms with van der Waals surface area (Å²) in [5.41, 5.74) is 0.799. The molecule has 1 aliphatic heterocycles. The molecule has 1 heterocycles. The summed E-state index contributed by atoms with van der Waals surface area (Å²) in [4.78, 5) is 14.6. The molecule has 0 bridgehead atoms. The number of alkyl halides is 1. The number of halogens is 1. The van der Waals surface area contributed by atoms with Crippen LogP contribution in [0, 0.1) is 0 Å². The first kappa shape index (κ1) is 20.2. The van der Waals surface area contributed by atoms with Crippen molar-refractivity contribution in [1.29, 1.82) is 0 Å². The lowest BCUT2D eigenvalue weighted by atomic mass is 10.1. The third kappa shape index (κ3) is 3.84. The molecular formula is C19H28ClNO3Si. The van der Waals surface area contributed by atoms with Gasteiger partial charge in [0.15, 0.2) is 14.4 Å². The topological polar surface area (TPSA) is 38.8 Å². The molecule has 25 heavy (non-hydrogen) atoms. The lowest BCUT2D eigenvalue weighted by molar-refractivity contribution is -0.226. The first-order chi connectivity index (χ1) is 11.6. The van der Waals surface area contributed by atoms with Gasteiger partial charge in [-0.05, 0) is 23.7 Å². The maximum Gasteiger partial charge on any atom is 0.260 e. The zero-order chi connectivity index (χ0) is 18.9. The molecule has 1 amide bonds. The number of carbonyl (C=O) groups excluding carboxylic acids is 1. The fraction of sp³-hybridized carbons (Fsp3) is 0.526. The quantitative estimate of drug-likeness (QED) is 0.407. The molecule has 2 rings (SSSR count). The van der Waals surface area contributed by atoms with E-state index >= 15 is 0 Å². The molecule has 0 N–H and O–H groups in total. The summed E-state index contributed by atoms with van der Waals surface area (Å²) in [7, 11) is -2.23. The van der Waals surface area contributed by atoms with Gasteiger partial charge in [0, 0.05) is 6.54 Å². The Balaban J connectivity index is 2.44. The van der Waals surface area contributed by atoms with Crippen molar-refractivity contribution in [2.24, 2.45) is 0 Å². The van der Waals surface area contributed by atoms with Gasteiger partial charge in [0.25, 0.3) is 11.8 Å². The summed E-state index contributed by atoms with van der Waals surface area (Å²) in [6, 6.07) is 9.44. The highest BCUT2D eigenvalue weighted by Gasteiger charge is 2.57. The SMILES string of the molecule is C=CCN1C(=O)[C@H](c2ccccc2)O[C@@]1(CCl)O[Si](C)(C)C(C)(C)C. The second-order valence-corrected chi connectivity index (χ2v) is 12.8. The minimum atomic E-state index is -2.23. The largest absolute Gasteiger partial charge is 0.373 e. The number of hydrogen-bond acceptors (Lipinski definition) is 3. The number of rotatable bonds is 6. The zero-order valence-electron chi connectivity index (χ0n) is 15.7. The van der Waals surface area contributed by atoms with E-state index < -0.39 is 20.3 Å². The number of nitrogens with zero attached hydrogens (tertiary/aromatic N) is 1. The van der Waals surface area contributed by atoms with E-state index in [0.717, 1.165) is 5.56 Å². The molecule has 0 aromatic heterocycles. The summed E-state index contributed by atoms with van der Waals surface area (Å²) >= 11 is 6.31. The maximum atomic E-state index is 13.0. The number of benzene rings is 1. The van der Waals surface area contributed by atoms with Crippen LogP contribution < -0.4 is 0 Å². The summed E-state index contributed by atoms with van der Waals surface area (Å²) < 4.78 is 12.7. The van der Waals surface area contributed by atoms with E-state index in [9.17, 15) is 4.79 Å². The smallest absolute Gasteiger partial charge is 0.260 e. The Kier molecular flexibility index (Phi) is 5.84. The summed E-state index contributed by atoms with van der Waals surface area (Å²) in [6.07, 6.45) is 0.954. The molecule has 0 radical (unpaired) electrons. The van der Waals surface area contributed by atoms with Crippen molar-refractivity contribution in [1.82, 2.24) is 4.90 Å². The number of carbonyl (C=O) groups is 1. The highest BCUT2D eigenvalue weighted by Crippen LogP contribution is 2.45. The molecule has 1 aliphatic rings. The van der Waals surface area contributed by atoms with E-state index in [1.807, 2.05) is 30.3 Å². The van der Waals surface area contributed by atoms with Crippen molar-refractivity contribution in [3.8, 4) is 0 Å². The maximum absolute atomic E-state index is 13.0. The average Bonchev–Trinajstić information content (AvgIpc) is 2.81. The van der Waals surface area contributed by atoms with Crippen molar-refractivity contribution in [3.63, 3.8) is 0 Å². The van der Waals surface area contributed by atoms with Crippen molar-refractivity contribution in [3.05, 3.63) is 48.6 Å². The lowest BCUT2D eigenvalue weighted by Gasteiger charge is -2.45. The average molecular weight is 382 g/mol. The zero-order valence-corrected chi connectivity index (χ0v) is 17.5. The molecule has 1 aromatic rings. The third-order valence-electron chi connectivity index (χ3n) is 5.01. The van der Waals surface area contributed by atoms with Gasteiger partial charge < -0.3 is 9.16 Å². The van der Waals surface area contributed by atoms with E-state index in [1.165, 1.54) is 0 Å². The molecule has 0 unspecified atom stereocenters. The van der Waals surface area contributed by atoms with Crippen LogP contribution in [0.2, 0.25) is 18.1 Å². The van der Waals surface area contributed by atoms with Crippen molar-refractivity contribution in [2.45, 2.75) is 50.9 Å². The van der Waals surface area contributed by atoms with Gasteiger partial charge in [-0.2, -0.15) is 0 Å². The summed E-state index contributed by atoms with van der Waals surface area (Å²) in [5, 5.41) is -0.0385. The van der Waals surface area contributed by atoms with Gasteiger partial charge in [-0.3, -0.25) is 9.69 Å². The standard InChI is InChI=1S/C19H28ClNO3Si/c1-7-13-21-17(22)16(15-11-9-8-10-12-15)23-19(21,14-20)24-25(5,6)18(2,3)4/h7-12,16H,1,13-14H2,2-6H3/t16-,19-/m0/s1. The molecule has 1 fully saturated rings. The highest BCUT2D eigenvalue weighted by atomic mass is 35.5. The van der Waals surface area contributed by atoms with Crippen LogP contribution >= 0.6 is 11.6 Å². The fourth-order valence-corrected chi connectivity index (χ4v) is 4.25. The van der Waals surface area contributed by atoms with Crippen molar-refractivity contribution in [2.75, 3.05) is 12.4 Å². The Morgan fingerprint density at radius 3 is 2.44 bits per heavy atom. The first-order valence-electron chi connectivity index (χ1n) is 8.49. The molecular weight excluding hydrogens is 354 g/mol. The monoisotopic (exact) mass is 381 g/mol. The Morgan fingerprint density at radius 2 is 1.96 bits per heavy atom. The lowest BCUT2D eigenvalue weighted by Crippen LogP contribution is -2.58. The van der Waals surface area contributed by atoms with Crippen LogP contribution in [0.5, 0.6) is 0 Å². The normalized spacial score (nSPS) is 24.6. The molecule has 1 saturated heterocycles. The van der Waals surface area contributed by atoms with E-state index in [2.05, 4.69) is 40.4 Å². The first-order valence-corrected chi connectivity index (χ1v) is 11.9. The number of hydrogen-bond donors (Lipinski definition) is 0. The molecule has 138 valence electrons. The predicted octanol–water partition coefficient (Wildman–Crippen LogP) is 4.69. The molecule has 0 saturated carbocycles. The van der Waals surface area contributed by atoms with Crippen LogP contribution in [-0.4, -0.2) is 37.5 Å². The molecule has 0 spiro atoms. The van der Waals surface area contributed by atoms with Gasteiger partial charge >= 0.3 is 0 Å². The minimum Gasteiger partial charge on any atom is -0.373 e. The van der Waals surface area contributed by atoms with Crippen LogP contribution in [0.4, 0.5) is 0 Å². The second-order valence-electron chi connectivity index (χ2n) is 7.85. The van der Waals surface area contributed by atoms with Gasteiger partial charge in [0.1, 0.15) is 0 Å².